The number of hydrogen-bond acceptors (Lipinski definition) is 3. The van der Waals surface area contributed by atoms with Crippen LogP contribution in [0.4, 0.5) is 30.2 Å². The van der Waals surface area contributed by atoms with Crippen molar-refractivity contribution in [2.75, 3.05) is 18.9 Å². The maximum atomic E-state index is 12.5. The van der Waals surface area contributed by atoms with Crippen molar-refractivity contribution < 1.29 is 13.2 Å². The fourth-order valence-corrected chi connectivity index (χ4v) is 2.84. The lowest BCUT2D eigenvalue weighted by atomic mass is 10.1. The lowest BCUT2D eigenvalue weighted by molar-refractivity contribution is -0.0328. The van der Waals surface area contributed by atoms with Crippen LogP contribution in [0.1, 0.15) is 18.1 Å². The van der Waals surface area contributed by atoms with Gasteiger partial charge in [-0.05, 0) is 74.0 Å². The summed E-state index contributed by atoms with van der Waals surface area (Å²) in [6.07, 6.45) is 1.78. The summed E-state index contributed by atoms with van der Waals surface area (Å²) in [4.78, 5) is 6.62. The molecule has 0 spiro atoms. The topological polar surface area (TPSA) is 27.6 Å². The number of alkyl halides is 3. The molecule has 140 valence electrons. The number of hydrogen-bond donors (Lipinski definition) is 1. The predicted octanol–water partition coefficient (Wildman–Crippen LogP) is 6.27. The van der Waals surface area contributed by atoms with E-state index in [0.717, 1.165) is 29.0 Å². The highest BCUT2D eigenvalue weighted by Crippen LogP contribution is 2.38. The van der Waals surface area contributed by atoms with E-state index in [4.69, 9.17) is 0 Å². The van der Waals surface area contributed by atoms with Crippen molar-refractivity contribution in [2.24, 2.45) is 4.99 Å². The summed E-state index contributed by atoms with van der Waals surface area (Å²) < 4.78 is 37.6. The quantitative estimate of drug-likeness (QED) is 0.363. The number of nitrogens with zero attached hydrogens (tertiary/aromatic N) is 2. The minimum absolute atomic E-state index is 0.117. The first kappa shape index (κ1) is 20.2. The molecule has 0 amide bonds. The highest BCUT2D eigenvalue weighted by molar-refractivity contribution is 8.00. The molecule has 26 heavy (non-hydrogen) atoms. The Bertz CT molecular complexity index is 788. The molecule has 1 N–H and O–H groups in total. The highest BCUT2D eigenvalue weighted by atomic mass is 32.2. The Morgan fingerprint density at radius 3 is 2.54 bits per heavy atom. The molecule has 0 atom stereocenters. The van der Waals surface area contributed by atoms with E-state index in [0.29, 0.717) is 5.69 Å². The van der Waals surface area contributed by atoms with Gasteiger partial charge in [-0.2, -0.15) is 13.2 Å². The van der Waals surface area contributed by atoms with Gasteiger partial charge in [0.05, 0.1) is 12.0 Å². The SMILES string of the molecule is CCN(C)/C=N\c1cc(C)c(Nc2cccc(SC(F)(F)F)c2)cc1C. The van der Waals surface area contributed by atoms with Crippen LogP contribution in [0.3, 0.4) is 0 Å². The van der Waals surface area contributed by atoms with E-state index in [-0.39, 0.29) is 16.7 Å². The molecule has 0 aliphatic heterocycles. The molecular formula is C19H22F3N3S. The third-order valence-corrected chi connectivity index (χ3v) is 4.50. The number of anilines is 2. The van der Waals surface area contributed by atoms with Gasteiger partial charge in [0.25, 0.3) is 0 Å². The largest absolute Gasteiger partial charge is 0.446 e. The zero-order chi connectivity index (χ0) is 19.3. The Hall–Kier alpha value is -2.15. The van der Waals surface area contributed by atoms with Gasteiger partial charge in [-0.15, -0.1) is 0 Å². The van der Waals surface area contributed by atoms with Gasteiger partial charge < -0.3 is 10.2 Å². The molecule has 0 saturated carbocycles. The maximum Gasteiger partial charge on any atom is 0.446 e. The lowest BCUT2D eigenvalue weighted by Gasteiger charge is -2.14. The Morgan fingerprint density at radius 2 is 1.88 bits per heavy atom. The molecule has 7 heteroatoms. The van der Waals surface area contributed by atoms with E-state index in [1.165, 1.54) is 12.1 Å². The molecule has 0 saturated heterocycles. The zero-order valence-corrected chi connectivity index (χ0v) is 16.0. The van der Waals surface area contributed by atoms with Crippen LogP contribution in [0, 0.1) is 13.8 Å². The molecule has 0 aliphatic carbocycles. The van der Waals surface area contributed by atoms with Gasteiger partial charge in [0.1, 0.15) is 0 Å². The number of thioether (sulfide) groups is 1. The van der Waals surface area contributed by atoms with Gasteiger partial charge in [0.15, 0.2) is 0 Å². The standard InChI is InChI=1S/C19H22F3N3S/c1-5-25(4)12-23-17-9-14(3)18(10-13(17)2)24-15-7-6-8-16(11-15)26-19(20,21)22/h6-12,24H,5H2,1-4H3/b23-12-. The summed E-state index contributed by atoms with van der Waals surface area (Å²) in [5.74, 6) is 0. The van der Waals surface area contributed by atoms with Gasteiger partial charge in [-0.25, -0.2) is 4.99 Å². The maximum absolute atomic E-state index is 12.5. The number of benzene rings is 2. The summed E-state index contributed by atoms with van der Waals surface area (Å²) >= 11 is -0.117. The van der Waals surface area contributed by atoms with E-state index < -0.39 is 5.51 Å². The summed E-state index contributed by atoms with van der Waals surface area (Å²) in [6, 6.07) is 10.2. The average Bonchev–Trinajstić information content (AvgIpc) is 2.55. The van der Waals surface area contributed by atoms with Crippen LogP contribution < -0.4 is 5.32 Å². The van der Waals surface area contributed by atoms with Crippen LogP contribution in [-0.2, 0) is 0 Å². The Labute approximate surface area is 156 Å². The van der Waals surface area contributed by atoms with Crippen molar-refractivity contribution in [2.45, 2.75) is 31.2 Å². The second-order valence-corrected chi connectivity index (χ2v) is 7.11. The molecule has 2 rings (SSSR count). The predicted molar refractivity (Wildman–Crippen MR) is 104 cm³/mol. The van der Waals surface area contributed by atoms with Gasteiger partial charge in [-0.3, -0.25) is 0 Å². The lowest BCUT2D eigenvalue weighted by Crippen LogP contribution is -2.14. The molecule has 2 aromatic rings. The number of aryl methyl sites for hydroxylation is 2. The van der Waals surface area contributed by atoms with Crippen LogP contribution in [-0.4, -0.2) is 30.3 Å². The van der Waals surface area contributed by atoms with Crippen LogP contribution in [0.5, 0.6) is 0 Å². The van der Waals surface area contributed by atoms with Gasteiger partial charge >= 0.3 is 5.51 Å². The van der Waals surface area contributed by atoms with Crippen LogP contribution in [0.15, 0.2) is 46.3 Å². The fourth-order valence-electron chi connectivity index (χ4n) is 2.24. The van der Waals surface area contributed by atoms with Crippen LogP contribution in [0.25, 0.3) is 0 Å². The zero-order valence-electron chi connectivity index (χ0n) is 15.2. The second kappa shape index (κ2) is 8.49. The van der Waals surface area contributed by atoms with E-state index in [9.17, 15) is 13.2 Å². The van der Waals surface area contributed by atoms with Crippen molar-refractivity contribution in [1.29, 1.82) is 0 Å². The minimum Gasteiger partial charge on any atom is -0.366 e. The smallest absolute Gasteiger partial charge is 0.366 e. The van der Waals surface area contributed by atoms with E-state index in [1.54, 1.807) is 18.5 Å². The summed E-state index contributed by atoms with van der Waals surface area (Å²) in [5, 5.41) is 3.20. The van der Waals surface area contributed by atoms with Crippen molar-refractivity contribution in [1.82, 2.24) is 4.90 Å². The Morgan fingerprint density at radius 1 is 1.15 bits per heavy atom. The summed E-state index contributed by atoms with van der Waals surface area (Å²) in [6.45, 7) is 6.81. The molecule has 0 heterocycles. The summed E-state index contributed by atoms with van der Waals surface area (Å²) in [5.41, 5.74) is -0.00970. The van der Waals surface area contributed by atoms with Gasteiger partial charge in [-0.1, -0.05) is 6.07 Å². The molecule has 0 radical (unpaired) electrons. The van der Waals surface area contributed by atoms with Crippen LogP contribution in [0.2, 0.25) is 0 Å². The molecule has 0 unspecified atom stereocenters. The average molecular weight is 381 g/mol. The highest BCUT2D eigenvalue weighted by Gasteiger charge is 2.29. The monoisotopic (exact) mass is 381 g/mol. The number of halogens is 3. The Kier molecular flexibility index (Phi) is 6.58. The number of nitrogens with one attached hydrogen (secondary N) is 1. The van der Waals surface area contributed by atoms with Gasteiger partial charge in [0, 0.05) is 29.9 Å². The third-order valence-electron chi connectivity index (χ3n) is 3.78. The van der Waals surface area contributed by atoms with E-state index in [2.05, 4.69) is 10.3 Å². The molecule has 0 bridgehead atoms. The van der Waals surface area contributed by atoms with Crippen molar-refractivity contribution in [3.8, 4) is 0 Å². The normalized spacial score (nSPS) is 11.8. The van der Waals surface area contributed by atoms with E-state index in [1.807, 2.05) is 44.9 Å². The Balaban J connectivity index is 2.21. The number of rotatable bonds is 6. The first-order chi connectivity index (χ1) is 12.2. The van der Waals surface area contributed by atoms with Crippen LogP contribution >= 0.6 is 11.8 Å². The second-order valence-electron chi connectivity index (χ2n) is 5.97. The fraction of sp³-hybridized carbons (Fsp3) is 0.316. The van der Waals surface area contributed by atoms with Gasteiger partial charge in [0.2, 0.25) is 0 Å². The molecule has 0 aliphatic rings. The van der Waals surface area contributed by atoms with Crippen molar-refractivity contribution in [3.63, 3.8) is 0 Å². The third kappa shape index (κ3) is 5.98. The first-order valence-corrected chi connectivity index (χ1v) is 8.98. The molecular weight excluding hydrogens is 359 g/mol. The molecule has 0 fully saturated rings. The molecule has 0 aromatic heterocycles. The van der Waals surface area contributed by atoms with E-state index >= 15 is 0 Å². The van der Waals surface area contributed by atoms with Crippen molar-refractivity contribution >= 4 is 35.2 Å². The first-order valence-electron chi connectivity index (χ1n) is 8.16. The molecule has 3 nitrogen and oxygen atoms in total. The molecule has 2 aromatic carbocycles. The number of aliphatic imine (C=N–C) groups is 1. The minimum atomic E-state index is -4.30. The summed E-state index contributed by atoms with van der Waals surface area (Å²) in [7, 11) is 1.95. The van der Waals surface area contributed by atoms with Crippen molar-refractivity contribution in [3.05, 3.63) is 47.5 Å².